The molecule has 0 N–H and O–H groups in total. The Morgan fingerprint density at radius 1 is 1.14 bits per heavy atom. The molecule has 6 nitrogen and oxygen atoms in total. The number of pyridine rings is 1. The fourth-order valence-electron chi connectivity index (χ4n) is 4.16. The number of amides is 1. The third-order valence-corrected chi connectivity index (χ3v) is 8.55. The summed E-state index contributed by atoms with van der Waals surface area (Å²) in [5, 5.41) is 1.97. The molecule has 28 heavy (non-hydrogen) atoms. The first-order valence-electron chi connectivity index (χ1n) is 8.95. The summed E-state index contributed by atoms with van der Waals surface area (Å²) in [5.41, 5.74) is 3.15. The molecule has 3 aromatic rings. The maximum Gasteiger partial charge on any atom is 0.273 e. The van der Waals surface area contributed by atoms with Crippen LogP contribution in [0, 0.1) is 6.92 Å². The van der Waals surface area contributed by atoms with Crippen LogP contribution < -0.4 is 0 Å². The number of sulfone groups is 1. The molecule has 2 aromatic heterocycles. The van der Waals surface area contributed by atoms with Gasteiger partial charge in [0.05, 0.1) is 15.2 Å². The molecule has 1 aromatic carbocycles. The van der Waals surface area contributed by atoms with E-state index in [1.807, 2.05) is 31.2 Å². The van der Waals surface area contributed by atoms with E-state index in [0.29, 0.717) is 17.1 Å². The Morgan fingerprint density at radius 3 is 2.64 bits per heavy atom. The molecule has 1 amide bonds. The normalized spacial score (nSPS) is 22.1. The van der Waals surface area contributed by atoms with E-state index in [2.05, 4.69) is 9.97 Å². The van der Waals surface area contributed by atoms with E-state index in [1.165, 1.54) is 11.3 Å². The van der Waals surface area contributed by atoms with Gasteiger partial charge in [0.1, 0.15) is 5.69 Å². The summed E-state index contributed by atoms with van der Waals surface area (Å²) < 4.78 is 26.1. The Balaban J connectivity index is 1.52. The lowest BCUT2D eigenvalue weighted by Crippen LogP contribution is -2.31. The second kappa shape index (κ2) is 6.22. The van der Waals surface area contributed by atoms with Gasteiger partial charge >= 0.3 is 0 Å². The van der Waals surface area contributed by atoms with Crippen LogP contribution in [0.3, 0.4) is 0 Å². The summed E-state index contributed by atoms with van der Waals surface area (Å²) in [7, 11) is -3.45. The Labute approximate surface area is 166 Å². The quantitative estimate of drug-likeness (QED) is 0.648. The lowest BCUT2D eigenvalue weighted by Gasteiger charge is -2.17. The van der Waals surface area contributed by atoms with Crippen LogP contribution in [-0.2, 0) is 9.84 Å². The smallest absolute Gasteiger partial charge is 0.273 e. The second-order valence-electron chi connectivity index (χ2n) is 7.14. The summed E-state index contributed by atoms with van der Waals surface area (Å²) in [6, 6.07) is 9.30. The van der Waals surface area contributed by atoms with Gasteiger partial charge in [-0.25, -0.2) is 13.4 Å². The Hall–Kier alpha value is -2.58. The lowest BCUT2D eigenvalue weighted by molar-refractivity contribution is 0.0785. The van der Waals surface area contributed by atoms with Gasteiger partial charge in [0.2, 0.25) is 0 Å². The van der Waals surface area contributed by atoms with Crippen molar-refractivity contribution in [2.24, 2.45) is 0 Å². The molecule has 0 bridgehead atoms. The topological polar surface area (TPSA) is 80.2 Å². The van der Waals surface area contributed by atoms with Crippen LogP contribution in [0.2, 0.25) is 0 Å². The van der Waals surface area contributed by atoms with Crippen LogP contribution in [0.15, 0.2) is 53.0 Å². The van der Waals surface area contributed by atoms with Crippen molar-refractivity contribution in [2.45, 2.75) is 23.0 Å². The van der Waals surface area contributed by atoms with Crippen molar-refractivity contribution in [3.8, 4) is 11.1 Å². The van der Waals surface area contributed by atoms with E-state index in [0.717, 1.165) is 21.7 Å². The van der Waals surface area contributed by atoms with Gasteiger partial charge in [-0.1, -0.05) is 6.07 Å². The molecule has 0 saturated carbocycles. The van der Waals surface area contributed by atoms with Gasteiger partial charge in [-0.05, 0) is 47.9 Å². The summed E-state index contributed by atoms with van der Waals surface area (Å²) in [4.78, 5) is 23.1. The lowest BCUT2D eigenvalue weighted by atomic mass is 9.95. The van der Waals surface area contributed by atoms with E-state index in [4.69, 9.17) is 0 Å². The van der Waals surface area contributed by atoms with Crippen molar-refractivity contribution in [1.29, 1.82) is 0 Å². The predicted octanol–water partition coefficient (Wildman–Crippen LogP) is 2.91. The van der Waals surface area contributed by atoms with E-state index < -0.39 is 15.1 Å². The Kier molecular flexibility index (Phi) is 3.89. The minimum atomic E-state index is -3.45. The van der Waals surface area contributed by atoms with Gasteiger partial charge in [-0.2, -0.15) is 0 Å². The molecule has 4 heterocycles. The largest absolute Gasteiger partial charge is 0.335 e. The first-order valence-corrected chi connectivity index (χ1v) is 11.4. The maximum absolute atomic E-state index is 13.1. The summed E-state index contributed by atoms with van der Waals surface area (Å²) in [5.74, 6) is -0.397. The number of aromatic nitrogens is 2. The van der Waals surface area contributed by atoms with Crippen LogP contribution >= 0.6 is 11.3 Å². The fourth-order valence-corrected chi connectivity index (χ4v) is 6.91. The van der Waals surface area contributed by atoms with E-state index >= 15 is 0 Å². The molecule has 0 spiro atoms. The zero-order chi connectivity index (χ0) is 19.5. The van der Waals surface area contributed by atoms with Crippen LogP contribution in [0.4, 0.5) is 0 Å². The van der Waals surface area contributed by atoms with E-state index in [1.54, 1.807) is 28.7 Å². The van der Waals surface area contributed by atoms with Gasteiger partial charge < -0.3 is 4.90 Å². The zero-order valence-electron chi connectivity index (χ0n) is 15.1. The van der Waals surface area contributed by atoms with Crippen molar-refractivity contribution >= 4 is 27.1 Å². The number of carbonyl (C=O) groups is 1. The number of carbonyl (C=O) groups excluding carboxylic acids is 1. The predicted molar refractivity (Wildman–Crippen MR) is 106 cm³/mol. The number of thiazole rings is 1. The number of hydrogen-bond donors (Lipinski definition) is 0. The molecule has 0 aliphatic carbocycles. The summed E-state index contributed by atoms with van der Waals surface area (Å²) in [6.07, 6.45) is 3.43. The number of hydrogen-bond acceptors (Lipinski definition) is 6. The van der Waals surface area contributed by atoms with Crippen LogP contribution in [0.5, 0.6) is 0 Å². The molecule has 0 unspecified atom stereocenters. The molecule has 2 aliphatic heterocycles. The minimum Gasteiger partial charge on any atom is -0.335 e. The van der Waals surface area contributed by atoms with Crippen molar-refractivity contribution in [3.63, 3.8) is 0 Å². The average Bonchev–Trinajstić information content (AvgIpc) is 3.38. The molecular formula is C20H17N3O3S2. The monoisotopic (exact) mass is 411 g/mol. The molecule has 2 atom stereocenters. The minimum absolute atomic E-state index is 0.194. The number of aryl methyl sites for hydroxylation is 1. The Bertz CT molecular complexity index is 1190. The second-order valence-corrected chi connectivity index (χ2v) is 10.3. The Morgan fingerprint density at radius 2 is 1.93 bits per heavy atom. The van der Waals surface area contributed by atoms with Crippen molar-refractivity contribution in [3.05, 3.63) is 64.4 Å². The summed E-state index contributed by atoms with van der Waals surface area (Å²) >= 11 is 1.42. The molecular weight excluding hydrogens is 394 g/mol. The van der Waals surface area contributed by atoms with Crippen molar-refractivity contribution < 1.29 is 13.2 Å². The van der Waals surface area contributed by atoms with E-state index in [-0.39, 0.29) is 18.4 Å². The first kappa shape index (κ1) is 17.5. The number of fused-ring (bicyclic) bond motifs is 3. The molecule has 142 valence electrons. The third kappa shape index (κ3) is 2.59. The van der Waals surface area contributed by atoms with Crippen LogP contribution in [-0.4, -0.2) is 47.5 Å². The van der Waals surface area contributed by atoms with Crippen LogP contribution in [0.25, 0.3) is 11.1 Å². The standard InChI is InChI=1S/C20H17N3O3S2/c1-12-22-17(11-27-12)20(24)23-9-16-15-8-14(13-4-6-21-7-5-13)2-3-18(15)28(25,26)19(16)10-23/h2-8,11,16,19H,9-10H2,1H3/t16-,19+/m0/s1. The zero-order valence-corrected chi connectivity index (χ0v) is 16.7. The molecule has 2 aliphatic rings. The fraction of sp³-hybridized carbons (Fsp3) is 0.250. The van der Waals surface area contributed by atoms with Gasteiger partial charge in [-0.3, -0.25) is 9.78 Å². The van der Waals surface area contributed by atoms with Gasteiger partial charge in [-0.15, -0.1) is 11.3 Å². The highest BCUT2D eigenvalue weighted by Crippen LogP contribution is 2.46. The number of nitrogens with zero attached hydrogens (tertiary/aromatic N) is 3. The summed E-state index contributed by atoms with van der Waals surface area (Å²) in [6.45, 7) is 2.45. The number of benzene rings is 1. The molecule has 0 radical (unpaired) electrons. The highest BCUT2D eigenvalue weighted by Gasteiger charge is 2.51. The third-order valence-electron chi connectivity index (χ3n) is 5.52. The molecule has 8 heteroatoms. The molecule has 1 fully saturated rings. The van der Waals surface area contributed by atoms with Crippen molar-refractivity contribution in [2.75, 3.05) is 13.1 Å². The number of rotatable bonds is 2. The SMILES string of the molecule is Cc1nc(C(=O)N2C[C@@H]3[C@@H](C2)c2cc(-c4ccncc4)ccc2S3(=O)=O)cs1. The average molecular weight is 412 g/mol. The van der Waals surface area contributed by atoms with Gasteiger partial charge in [0, 0.05) is 36.8 Å². The van der Waals surface area contributed by atoms with E-state index in [9.17, 15) is 13.2 Å². The van der Waals surface area contributed by atoms with Crippen LogP contribution in [0.1, 0.15) is 27.0 Å². The highest BCUT2D eigenvalue weighted by molar-refractivity contribution is 7.92. The molecule has 1 saturated heterocycles. The molecule has 5 rings (SSSR count). The first-order chi connectivity index (χ1) is 13.4. The number of likely N-dealkylation sites (tertiary alicyclic amines) is 1. The van der Waals surface area contributed by atoms with Crippen molar-refractivity contribution in [1.82, 2.24) is 14.9 Å². The maximum atomic E-state index is 13.1. The highest BCUT2D eigenvalue weighted by atomic mass is 32.2. The van der Waals surface area contributed by atoms with Gasteiger partial charge in [0.25, 0.3) is 5.91 Å². The van der Waals surface area contributed by atoms with Gasteiger partial charge in [0.15, 0.2) is 9.84 Å².